The molecule has 3 heterocycles. The van der Waals surface area contributed by atoms with Gasteiger partial charge in [-0.2, -0.15) is 9.57 Å². The van der Waals surface area contributed by atoms with Crippen molar-refractivity contribution in [2.24, 2.45) is 0 Å². The predicted octanol–water partition coefficient (Wildman–Crippen LogP) is 1.49. The topological polar surface area (TPSA) is 99.3 Å². The van der Waals surface area contributed by atoms with E-state index in [-0.39, 0.29) is 12.1 Å². The maximum absolute atomic E-state index is 12.8. The van der Waals surface area contributed by atoms with Crippen LogP contribution in [0.25, 0.3) is 10.9 Å². The highest BCUT2D eigenvalue weighted by Crippen LogP contribution is 2.22. The lowest BCUT2D eigenvalue weighted by Gasteiger charge is -2.33. The molecule has 4 rings (SSSR count). The van der Waals surface area contributed by atoms with Gasteiger partial charge in [0.15, 0.2) is 0 Å². The average molecular weight is 430 g/mol. The third kappa shape index (κ3) is 3.82. The van der Waals surface area contributed by atoms with Gasteiger partial charge in [-0.3, -0.25) is 14.3 Å². The number of fused-ring (bicyclic) bond motifs is 1. The van der Waals surface area contributed by atoms with Crippen molar-refractivity contribution < 1.29 is 8.42 Å². The number of nitriles is 1. The van der Waals surface area contributed by atoms with Crippen LogP contribution in [0.2, 0.25) is 0 Å². The molecule has 0 aliphatic carbocycles. The van der Waals surface area contributed by atoms with Crippen LogP contribution in [-0.4, -0.2) is 53.4 Å². The van der Waals surface area contributed by atoms with Crippen LogP contribution in [-0.2, 0) is 23.1 Å². The highest BCUT2D eigenvalue weighted by Gasteiger charge is 2.29. The van der Waals surface area contributed by atoms with Gasteiger partial charge in [-0.25, -0.2) is 13.4 Å². The highest BCUT2D eigenvalue weighted by atomic mass is 32.2. The number of piperazine rings is 1. The minimum Gasteiger partial charge on any atom is -0.293 e. The lowest BCUT2D eigenvalue weighted by atomic mass is 10.2. The van der Waals surface area contributed by atoms with Gasteiger partial charge in [-0.05, 0) is 23.6 Å². The number of benzene rings is 1. The van der Waals surface area contributed by atoms with Crippen molar-refractivity contribution in [3.05, 3.63) is 58.0 Å². The maximum Gasteiger partial charge on any atom is 0.262 e. The first-order valence-electron chi connectivity index (χ1n) is 9.12. The van der Waals surface area contributed by atoms with Gasteiger partial charge in [0.05, 0.1) is 23.5 Å². The van der Waals surface area contributed by atoms with E-state index >= 15 is 0 Å². The first kappa shape index (κ1) is 19.7. The molecule has 1 aromatic carbocycles. The summed E-state index contributed by atoms with van der Waals surface area (Å²) in [5, 5.41) is 11.4. The Morgan fingerprint density at radius 1 is 1.10 bits per heavy atom. The average Bonchev–Trinajstić information content (AvgIpc) is 3.27. The summed E-state index contributed by atoms with van der Waals surface area (Å²) in [7, 11) is -3.46. The lowest BCUT2D eigenvalue weighted by molar-refractivity contribution is 0.176. The fraction of sp³-hybridized carbons (Fsp3) is 0.316. The first-order valence-corrected chi connectivity index (χ1v) is 11.4. The van der Waals surface area contributed by atoms with Gasteiger partial charge in [-0.15, -0.1) is 11.3 Å². The first-order chi connectivity index (χ1) is 14.0. The summed E-state index contributed by atoms with van der Waals surface area (Å²) < 4.78 is 28.6. The van der Waals surface area contributed by atoms with Crippen molar-refractivity contribution in [1.29, 1.82) is 5.26 Å². The SMILES string of the molecule is N#CCn1c(CN2CCN(S(=O)(=O)c3cccs3)CC2)nc2ccccc2c1=O. The second kappa shape index (κ2) is 8.04. The number of nitrogens with zero attached hydrogens (tertiary/aromatic N) is 5. The van der Waals surface area contributed by atoms with Gasteiger partial charge in [0, 0.05) is 26.2 Å². The number of thiophene rings is 1. The Hall–Kier alpha value is -2.58. The molecule has 3 aromatic rings. The van der Waals surface area contributed by atoms with E-state index in [9.17, 15) is 13.2 Å². The number of hydrogen-bond donors (Lipinski definition) is 0. The molecule has 10 heteroatoms. The minimum atomic E-state index is -3.46. The maximum atomic E-state index is 12.8. The highest BCUT2D eigenvalue weighted by molar-refractivity contribution is 7.91. The van der Waals surface area contributed by atoms with Gasteiger partial charge in [0.2, 0.25) is 0 Å². The van der Waals surface area contributed by atoms with Crippen LogP contribution < -0.4 is 5.56 Å². The van der Waals surface area contributed by atoms with Gasteiger partial charge in [0.25, 0.3) is 15.6 Å². The van der Waals surface area contributed by atoms with Gasteiger partial charge in [0.1, 0.15) is 16.6 Å². The molecule has 0 bridgehead atoms. The number of hydrogen-bond acceptors (Lipinski definition) is 7. The Morgan fingerprint density at radius 2 is 1.86 bits per heavy atom. The van der Waals surface area contributed by atoms with Crippen molar-refractivity contribution >= 4 is 32.3 Å². The fourth-order valence-electron chi connectivity index (χ4n) is 3.43. The molecule has 0 saturated carbocycles. The third-order valence-electron chi connectivity index (χ3n) is 4.96. The summed E-state index contributed by atoms with van der Waals surface area (Å²) in [6.07, 6.45) is 0. The fourth-order valence-corrected chi connectivity index (χ4v) is 6.00. The summed E-state index contributed by atoms with van der Waals surface area (Å²) in [5.74, 6) is 0.518. The van der Waals surface area contributed by atoms with Crippen molar-refractivity contribution in [3.63, 3.8) is 0 Å². The van der Waals surface area contributed by atoms with E-state index in [1.54, 1.807) is 35.7 Å². The summed E-state index contributed by atoms with van der Waals surface area (Å²) in [4.78, 5) is 19.4. The molecule has 29 heavy (non-hydrogen) atoms. The van der Waals surface area contributed by atoms with E-state index in [4.69, 9.17) is 5.26 Å². The molecule has 0 unspecified atom stereocenters. The quantitative estimate of drug-likeness (QED) is 0.609. The van der Waals surface area contributed by atoms with E-state index < -0.39 is 10.0 Å². The standard InChI is InChI=1S/C19H19N5O3S2/c20-7-8-24-17(21-16-5-2-1-4-15(16)19(24)25)14-22-9-11-23(12-10-22)29(26,27)18-6-3-13-28-18/h1-6,13H,8-12,14H2. The molecule has 0 spiro atoms. The van der Waals surface area contributed by atoms with Crippen LogP contribution in [0.3, 0.4) is 0 Å². The Bertz CT molecular complexity index is 1220. The summed E-state index contributed by atoms with van der Waals surface area (Å²) in [5.41, 5.74) is 0.367. The number of para-hydroxylation sites is 1. The summed E-state index contributed by atoms with van der Waals surface area (Å²) in [6, 6.07) is 12.5. The number of sulfonamides is 1. The van der Waals surface area contributed by atoms with Crippen molar-refractivity contribution in [1.82, 2.24) is 18.8 Å². The zero-order valence-corrected chi connectivity index (χ0v) is 17.2. The Morgan fingerprint density at radius 3 is 2.55 bits per heavy atom. The van der Waals surface area contributed by atoms with E-state index in [0.717, 1.165) is 0 Å². The molecule has 1 fully saturated rings. The van der Waals surface area contributed by atoms with Crippen LogP contribution in [0.15, 0.2) is 50.8 Å². The second-order valence-electron chi connectivity index (χ2n) is 6.71. The van der Waals surface area contributed by atoms with Crippen LogP contribution in [0.1, 0.15) is 5.82 Å². The molecular formula is C19H19N5O3S2. The van der Waals surface area contributed by atoms with Gasteiger partial charge >= 0.3 is 0 Å². The second-order valence-corrected chi connectivity index (χ2v) is 9.82. The van der Waals surface area contributed by atoms with Crippen LogP contribution in [0.5, 0.6) is 0 Å². The Labute approximate surface area is 172 Å². The zero-order chi connectivity index (χ0) is 20.4. The van der Waals surface area contributed by atoms with Crippen LogP contribution >= 0.6 is 11.3 Å². The minimum absolute atomic E-state index is 0.0707. The number of rotatable bonds is 5. The molecule has 0 radical (unpaired) electrons. The molecule has 0 amide bonds. The molecule has 150 valence electrons. The van der Waals surface area contributed by atoms with Crippen LogP contribution in [0, 0.1) is 11.3 Å². The Balaban J connectivity index is 1.54. The van der Waals surface area contributed by atoms with Gasteiger partial charge < -0.3 is 0 Å². The lowest BCUT2D eigenvalue weighted by Crippen LogP contribution is -2.48. The molecule has 2 aromatic heterocycles. The summed E-state index contributed by atoms with van der Waals surface area (Å²) >= 11 is 1.22. The van der Waals surface area contributed by atoms with Crippen LogP contribution in [0.4, 0.5) is 0 Å². The van der Waals surface area contributed by atoms with E-state index in [2.05, 4.69) is 9.88 Å². The van der Waals surface area contributed by atoms with Crippen molar-refractivity contribution in [2.45, 2.75) is 17.3 Å². The van der Waals surface area contributed by atoms with E-state index in [1.807, 2.05) is 12.1 Å². The Kier molecular flexibility index (Phi) is 5.47. The zero-order valence-electron chi connectivity index (χ0n) is 15.6. The summed E-state index contributed by atoms with van der Waals surface area (Å²) in [6.45, 7) is 2.11. The molecular weight excluding hydrogens is 410 g/mol. The van der Waals surface area contributed by atoms with E-state index in [0.29, 0.717) is 53.7 Å². The molecule has 1 saturated heterocycles. The predicted molar refractivity (Wildman–Crippen MR) is 110 cm³/mol. The molecule has 1 aliphatic heterocycles. The normalized spacial score (nSPS) is 16.1. The molecule has 0 atom stereocenters. The van der Waals surface area contributed by atoms with Gasteiger partial charge in [-0.1, -0.05) is 18.2 Å². The largest absolute Gasteiger partial charge is 0.293 e. The molecule has 1 aliphatic rings. The third-order valence-corrected chi connectivity index (χ3v) is 8.23. The van der Waals surface area contributed by atoms with Crippen molar-refractivity contribution in [2.75, 3.05) is 26.2 Å². The number of aromatic nitrogens is 2. The smallest absolute Gasteiger partial charge is 0.262 e. The molecule has 8 nitrogen and oxygen atoms in total. The molecule has 0 N–H and O–H groups in total. The van der Waals surface area contributed by atoms with Crippen molar-refractivity contribution in [3.8, 4) is 6.07 Å². The van der Waals surface area contributed by atoms with E-state index in [1.165, 1.54) is 20.2 Å². The monoisotopic (exact) mass is 429 g/mol.